The SMILES string of the molecule is CCOc1ccccc1CN(CC)CC(=O)Nc1cccc(OC)c1. The molecule has 0 aromatic heterocycles. The molecule has 2 aromatic carbocycles. The molecule has 25 heavy (non-hydrogen) atoms. The molecule has 5 nitrogen and oxygen atoms in total. The molecule has 0 unspecified atom stereocenters. The van der Waals surface area contributed by atoms with Gasteiger partial charge >= 0.3 is 0 Å². The third kappa shape index (κ3) is 5.80. The van der Waals surface area contributed by atoms with Crippen molar-refractivity contribution in [1.29, 1.82) is 0 Å². The van der Waals surface area contributed by atoms with Crippen molar-refractivity contribution in [2.45, 2.75) is 20.4 Å². The molecular weight excluding hydrogens is 316 g/mol. The lowest BCUT2D eigenvalue weighted by Gasteiger charge is -2.21. The first-order valence-corrected chi connectivity index (χ1v) is 8.53. The number of para-hydroxylation sites is 1. The fraction of sp³-hybridized carbons (Fsp3) is 0.350. The van der Waals surface area contributed by atoms with E-state index in [1.54, 1.807) is 13.2 Å². The van der Waals surface area contributed by atoms with Crippen LogP contribution in [0.2, 0.25) is 0 Å². The highest BCUT2D eigenvalue weighted by Gasteiger charge is 2.12. The molecule has 5 heteroatoms. The van der Waals surface area contributed by atoms with Crippen LogP contribution in [-0.4, -0.2) is 37.6 Å². The second-order valence-corrected chi connectivity index (χ2v) is 5.62. The highest BCUT2D eigenvalue weighted by molar-refractivity contribution is 5.92. The number of anilines is 1. The molecule has 0 fully saturated rings. The minimum absolute atomic E-state index is 0.0519. The van der Waals surface area contributed by atoms with Crippen molar-refractivity contribution >= 4 is 11.6 Å². The minimum atomic E-state index is -0.0519. The predicted octanol–water partition coefficient (Wildman–Crippen LogP) is 3.55. The first-order chi connectivity index (χ1) is 12.2. The Balaban J connectivity index is 1.98. The second-order valence-electron chi connectivity index (χ2n) is 5.62. The van der Waals surface area contributed by atoms with Gasteiger partial charge in [0.1, 0.15) is 11.5 Å². The zero-order chi connectivity index (χ0) is 18.1. The van der Waals surface area contributed by atoms with Crippen LogP contribution in [0.15, 0.2) is 48.5 Å². The Bertz CT molecular complexity index is 688. The van der Waals surface area contributed by atoms with E-state index < -0.39 is 0 Å². The maximum Gasteiger partial charge on any atom is 0.238 e. The van der Waals surface area contributed by atoms with E-state index >= 15 is 0 Å². The van der Waals surface area contributed by atoms with Gasteiger partial charge in [-0.1, -0.05) is 31.2 Å². The summed E-state index contributed by atoms with van der Waals surface area (Å²) in [6, 6.07) is 15.3. The molecular formula is C20H26N2O3. The average Bonchev–Trinajstić information content (AvgIpc) is 2.63. The third-order valence-electron chi connectivity index (χ3n) is 3.83. The van der Waals surface area contributed by atoms with Gasteiger partial charge in [0.15, 0.2) is 0 Å². The summed E-state index contributed by atoms with van der Waals surface area (Å²) in [5.41, 5.74) is 1.82. The molecule has 0 atom stereocenters. The van der Waals surface area contributed by atoms with E-state index in [-0.39, 0.29) is 5.91 Å². The van der Waals surface area contributed by atoms with Crippen molar-refractivity contribution in [3.8, 4) is 11.5 Å². The van der Waals surface area contributed by atoms with Crippen LogP contribution < -0.4 is 14.8 Å². The van der Waals surface area contributed by atoms with Crippen molar-refractivity contribution in [2.75, 3.05) is 32.1 Å². The monoisotopic (exact) mass is 342 g/mol. The molecule has 1 N–H and O–H groups in total. The molecule has 1 amide bonds. The number of benzene rings is 2. The fourth-order valence-corrected chi connectivity index (χ4v) is 2.56. The predicted molar refractivity (Wildman–Crippen MR) is 100 cm³/mol. The highest BCUT2D eigenvalue weighted by Crippen LogP contribution is 2.20. The van der Waals surface area contributed by atoms with Crippen molar-refractivity contribution in [3.05, 3.63) is 54.1 Å². The van der Waals surface area contributed by atoms with Crippen molar-refractivity contribution in [1.82, 2.24) is 4.90 Å². The normalized spacial score (nSPS) is 10.6. The number of likely N-dealkylation sites (N-methyl/N-ethyl adjacent to an activating group) is 1. The number of nitrogens with one attached hydrogen (secondary N) is 1. The standard InChI is InChI=1S/C20H26N2O3/c1-4-22(14-16-9-6-7-12-19(16)25-5-2)15-20(23)21-17-10-8-11-18(13-17)24-3/h6-13H,4-5,14-15H2,1-3H3,(H,21,23). The molecule has 0 saturated heterocycles. The van der Waals surface area contributed by atoms with E-state index in [2.05, 4.69) is 10.2 Å². The summed E-state index contributed by atoms with van der Waals surface area (Å²) in [6.45, 7) is 6.38. The van der Waals surface area contributed by atoms with Gasteiger partial charge in [-0.2, -0.15) is 0 Å². The van der Waals surface area contributed by atoms with Crippen LogP contribution in [0.1, 0.15) is 19.4 Å². The maximum absolute atomic E-state index is 12.4. The number of hydrogen-bond acceptors (Lipinski definition) is 4. The summed E-state index contributed by atoms with van der Waals surface area (Å²) in [5.74, 6) is 1.54. The van der Waals surface area contributed by atoms with Gasteiger partial charge < -0.3 is 14.8 Å². The van der Waals surface area contributed by atoms with Gasteiger partial charge in [-0.25, -0.2) is 0 Å². The maximum atomic E-state index is 12.4. The lowest BCUT2D eigenvalue weighted by Crippen LogP contribution is -2.32. The van der Waals surface area contributed by atoms with E-state index in [9.17, 15) is 4.79 Å². The molecule has 2 rings (SSSR count). The number of ether oxygens (including phenoxy) is 2. The van der Waals surface area contributed by atoms with Crippen LogP contribution >= 0.6 is 0 Å². The van der Waals surface area contributed by atoms with Crippen molar-refractivity contribution in [2.24, 2.45) is 0 Å². The minimum Gasteiger partial charge on any atom is -0.497 e. The lowest BCUT2D eigenvalue weighted by atomic mass is 10.2. The number of hydrogen-bond donors (Lipinski definition) is 1. The van der Waals surface area contributed by atoms with Gasteiger partial charge in [-0.05, 0) is 31.7 Å². The van der Waals surface area contributed by atoms with Gasteiger partial charge in [0, 0.05) is 23.9 Å². The molecule has 0 bridgehead atoms. The lowest BCUT2D eigenvalue weighted by molar-refractivity contribution is -0.117. The average molecular weight is 342 g/mol. The Hall–Kier alpha value is -2.53. The number of nitrogens with zero attached hydrogens (tertiary/aromatic N) is 1. The number of carbonyl (C=O) groups excluding carboxylic acids is 1. The molecule has 0 aliphatic heterocycles. The van der Waals surface area contributed by atoms with Gasteiger partial charge in [-0.3, -0.25) is 9.69 Å². The van der Waals surface area contributed by atoms with Crippen LogP contribution in [-0.2, 0) is 11.3 Å². The molecule has 0 spiro atoms. The smallest absolute Gasteiger partial charge is 0.238 e. The van der Waals surface area contributed by atoms with Crippen LogP contribution in [0, 0.1) is 0 Å². The zero-order valence-corrected chi connectivity index (χ0v) is 15.1. The fourth-order valence-electron chi connectivity index (χ4n) is 2.56. The summed E-state index contributed by atoms with van der Waals surface area (Å²) < 4.78 is 10.8. The summed E-state index contributed by atoms with van der Waals surface area (Å²) in [5, 5.41) is 2.92. The summed E-state index contributed by atoms with van der Waals surface area (Å²) in [6.07, 6.45) is 0. The van der Waals surface area contributed by atoms with Crippen LogP contribution in [0.3, 0.4) is 0 Å². The van der Waals surface area contributed by atoms with Crippen molar-refractivity contribution < 1.29 is 14.3 Å². The Labute approximate surface area is 149 Å². The molecule has 0 saturated carbocycles. The first kappa shape index (κ1) is 18.8. The van der Waals surface area contributed by atoms with Crippen LogP contribution in [0.4, 0.5) is 5.69 Å². The van der Waals surface area contributed by atoms with E-state index in [0.717, 1.165) is 29.3 Å². The summed E-state index contributed by atoms with van der Waals surface area (Å²) >= 11 is 0. The largest absolute Gasteiger partial charge is 0.497 e. The topological polar surface area (TPSA) is 50.8 Å². The summed E-state index contributed by atoms with van der Waals surface area (Å²) in [7, 11) is 1.61. The number of methoxy groups -OCH3 is 1. The molecule has 0 radical (unpaired) electrons. The quantitative estimate of drug-likeness (QED) is 0.757. The Morgan fingerprint density at radius 1 is 1.12 bits per heavy atom. The Morgan fingerprint density at radius 3 is 2.64 bits per heavy atom. The van der Waals surface area contributed by atoms with Gasteiger partial charge in [-0.15, -0.1) is 0 Å². The third-order valence-corrected chi connectivity index (χ3v) is 3.83. The van der Waals surface area contributed by atoms with E-state index in [1.807, 2.05) is 56.3 Å². The molecule has 0 aliphatic carbocycles. The van der Waals surface area contributed by atoms with Gasteiger partial charge in [0.2, 0.25) is 5.91 Å². The highest BCUT2D eigenvalue weighted by atomic mass is 16.5. The molecule has 0 heterocycles. The van der Waals surface area contributed by atoms with Crippen molar-refractivity contribution in [3.63, 3.8) is 0 Å². The Kier molecular flexibility index (Phi) is 7.29. The molecule has 2 aromatic rings. The molecule has 134 valence electrons. The number of amides is 1. The van der Waals surface area contributed by atoms with E-state index in [1.165, 1.54) is 0 Å². The van der Waals surface area contributed by atoms with Crippen LogP contribution in [0.25, 0.3) is 0 Å². The van der Waals surface area contributed by atoms with E-state index in [0.29, 0.717) is 19.7 Å². The Morgan fingerprint density at radius 2 is 1.92 bits per heavy atom. The second kappa shape index (κ2) is 9.69. The first-order valence-electron chi connectivity index (χ1n) is 8.53. The zero-order valence-electron chi connectivity index (χ0n) is 15.1. The molecule has 0 aliphatic rings. The summed E-state index contributed by atoms with van der Waals surface area (Å²) in [4.78, 5) is 14.4. The van der Waals surface area contributed by atoms with E-state index in [4.69, 9.17) is 9.47 Å². The number of carbonyl (C=O) groups is 1. The van der Waals surface area contributed by atoms with Crippen LogP contribution in [0.5, 0.6) is 11.5 Å². The van der Waals surface area contributed by atoms with Gasteiger partial charge in [0.05, 0.1) is 20.3 Å². The number of rotatable bonds is 9. The van der Waals surface area contributed by atoms with Gasteiger partial charge in [0.25, 0.3) is 0 Å².